The fourth-order valence-corrected chi connectivity index (χ4v) is 6.28. The molecule has 4 rings (SSSR count). The first-order valence-corrected chi connectivity index (χ1v) is 18.9. The molecule has 0 fully saturated rings. The molecular weight excluding hydrogens is 695 g/mol. The van der Waals surface area contributed by atoms with Gasteiger partial charge < -0.3 is 30.2 Å². The third-order valence-electron chi connectivity index (χ3n) is 8.75. The number of urea groups is 1. The van der Waals surface area contributed by atoms with Crippen molar-refractivity contribution >= 4 is 28.6 Å². The van der Waals surface area contributed by atoms with Crippen molar-refractivity contribution in [3.63, 3.8) is 0 Å². The van der Waals surface area contributed by atoms with Gasteiger partial charge in [0, 0.05) is 38.6 Å². The van der Waals surface area contributed by atoms with Gasteiger partial charge in [0.2, 0.25) is 11.8 Å². The Kier molecular flexibility index (Phi) is 16.2. The highest BCUT2D eigenvalue weighted by Crippen LogP contribution is 2.32. The number of rotatable bonds is 20. The highest BCUT2D eigenvalue weighted by molar-refractivity contribution is 5.90. The molecule has 294 valence electrons. The molecule has 0 bridgehead atoms. The van der Waals surface area contributed by atoms with E-state index in [0.717, 1.165) is 27.5 Å². The van der Waals surface area contributed by atoms with Crippen LogP contribution in [0.5, 0.6) is 5.75 Å². The van der Waals surface area contributed by atoms with E-state index in [1.807, 2.05) is 139 Å². The normalized spacial score (nSPS) is 13.2. The van der Waals surface area contributed by atoms with E-state index in [2.05, 4.69) is 28.0 Å². The minimum absolute atomic E-state index is 0.190. The molecule has 11 heteroatoms. The van der Waals surface area contributed by atoms with Crippen molar-refractivity contribution in [3.05, 3.63) is 126 Å². The number of hydrazine groups is 1. The third kappa shape index (κ3) is 13.5. The van der Waals surface area contributed by atoms with Crippen LogP contribution in [0, 0.1) is 5.92 Å². The number of amides is 4. The minimum Gasteiger partial charge on any atom is -0.488 e. The van der Waals surface area contributed by atoms with Gasteiger partial charge in [0.05, 0.1) is 12.6 Å². The van der Waals surface area contributed by atoms with E-state index in [1.54, 1.807) is 6.08 Å². The second-order valence-corrected chi connectivity index (χ2v) is 14.3. The van der Waals surface area contributed by atoms with Gasteiger partial charge in [0.1, 0.15) is 17.4 Å². The topological polar surface area (TPSA) is 130 Å². The van der Waals surface area contributed by atoms with Crippen LogP contribution < -0.4 is 26.1 Å². The van der Waals surface area contributed by atoms with Crippen LogP contribution in [0.2, 0.25) is 0 Å². The van der Waals surface area contributed by atoms with Crippen LogP contribution in [-0.2, 0) is 32.0 Å². The molecule has 0 aliphatic carbocycles. The first kappa shape index (κ1) is 42.5. The number of carbonyl (C=O) groups is 3. The van der Waals surface area contributed by atoms with Crippen molar-refractivity contribution in [2.75, 3.05) is 26.3 Å². The molecule has 0 spiro atoms. The van der Waals surface area contributed by atoms with Gasteiger partial charge in [0.25, 0.3) is 0 Å². The Morgan fingerprint density at radius 3 is 2.13 bits per heavy atom. The zero-order chi connectivity index (χ0) is 39.8. The second-order valence-electron chi connectivity index (χ2n) is 14.3. The Bertz CT molecular complexity index is 1820. The molecule has 3 atom stereocenters. The van der Waals surface area contributed by atoms with Crippen molar-refractivity contribution in [1.29, 1.82) is 0 Å². The molecule has 4 aromatic carbocycles. The summed E-state index contributed by atoms with van der Waals surface area (Å²) < 4.78 is 18.1. The number of fused-ring (bicyclic) bond motifs is 1. The van der Waals surface area contributed by atoms with Gasteiger partial charge in [-0.15, -0.1) is 6.58 Å². The van der Waals surface area contributed by atoms with Gasteiger partial charge >= 0.3 is 6.03 Å². The van der Waals surface area contributed by atoms with Crippen molar-refractivity contribution < 1.29 is 28.6 Å². The average molecular weight is 752 g/mol. The Morgan fingerprint density at radius 1 is 0.818 bits per heavy atom. The van der Waals surface area contributed by atoms with Gasteiger partial charge in [-0.2, -0.15) is 0 Å². The van der Waals surface area contributed by atoms with Crippen LogP contribution in [-0.4, -0.2) is 67.1 Å². The molecule has 4 aromatic rings. The predicted molar refractivity (Wildman–Crippen MR) is 217 cm³/mol. The Hall–Kier alpha value is -5.23. The summed E-state index contributed by atoms with van der Waals surface area (Å²) in [6.45, 7) is 16.6. The molecule has 0 aromatic heterocycles. The van der Waals surface area contributed by atoms with Crippen molar-refractivity contribution in [2.24, 2.45) is 5.92 Å². The summed E-state index contributed by atoms with van der Waals surface area (Å²) in [6, 6.07) is 29.0. The fraction of sp³-hybridized carbons (Fsp3) is 0.386. The van der Waals surface area contributed by atoms with Crippen molar-refractivity contribution in [3.8, 4) is 5.75 Å². The number of nitrogens with zero attached hydrogens (tertiary/aromatic N) is 1. The Morgan fingerprint density at radius 2 is 1.47 bits per heavy atom. The molecule has 0 radical (unpaired) electrons. The van der Waals surface area contributed by atoms with Gasteiger partial charge in [0.15, 0.2) is 6.29 Å². The Labute approximate surface area is 325 Å². The maximum Gasteiger partial charge on any atom is 0.329 e. The van der Waals surface area contributed by atoms with E-state index < -0.39 is 30.3 Å². The van der Waals surface area contributed by atoms with Gasteiger partial charge in [-0.05, 0) is 74.2 Å². The standard InChI is InChI=1S/C44H57N5O6/c1-8-27-49(48-43(52)45-29-33-17-12-11-13-18-33)30-39(50)46-38(28-32-23-25-35(26-24-32)55-44(5,6)7)41(51)47-40(31(4)42(53-9-2)54-10-3)37-22-16-20-34-19-14-15-21-36(34)37/h8,11-26,31,38,40,42H,1,9-10,27-30H2,2-7H3,(H,46,50)(H,47,51)(H2,45,48,52)/t31-,38?,40-/m0/s1. The number of benzene rings is 4. The van der Waals surface area contributed by atoms with Crippen LogP contribution in [0.1, 0.15) is 64.3 Å². The smallest absolute Gasteiger partial charge is 0.329 e. The lowest BCUT2D eigenvalue weighted by Gasteiger charge is -2.33. The van der Waals surface area contributed by atoms with E-state index in [1.165, 1.54) is 5.01 Å². The number of carbonyl (C=O) groups excluding carboxylic acids is 3. The maximum atomic E-state index is 14.6. The van der Waals surface area contributed by atoms with Crippen LogP contribution in [0.25, 0.3) is 10.8 Å². The van der Waals surface area contributed by atoms with Crippen molar-refractivity contribution in [1.82, 2.24) is 26.4 Å². The van der Waals surface area contributed by atoms with Crippen molar-refractivity contribution in [2.45, 2.75) is 78.5 Å². The van der Waals surface area contributed by atoms with Crippen LogP contribution in [0.4, 0.5) is 4.79 Å². The SMILES string of the molecule is C=CCN(CC(=O)NC(Cc1ccc(OC(C)(C)C)cc1)C(=O)N[C@H](c1cccc2ccccc12)[C@H](C)C(OCC)OCC)NC(=O)NCc1ccccc1. The van der Waals surface area contributed by atoms with Crippen LogP contribution >= 0.6 is 0 Å². The molecule has 0 aliphatic rings. The average Bonchev–Trinajstić information content (AvgIpc) is 3.16. The maximum absolute atomic E-state index is 14.6. The molecule has 55 heavy (non-hydrogen) atoms. The van der Waals surface area contributed by atoms with Gasteiger partial charge in [-0.1, -0.05) is 97.9 Å². The van der Waals surface area contributed by atoms with E-state index in [-0.39, 0.29) is 36.9 Å². The zero-order valence-electron chi connectivity index (χ0n) is 33.0. The van der Waals surface area contributed by atoms with E-state index in [0.29, 0.717) is 25.5 Å². The molecule has 0 saturated carbocycles. The van der Waals surface area contributed by atoms with Gasteiger partial charge in [-0.3, -0.25) is 15.0 Å². The van der Waals surface area contributed by atoms with Crippen LogP contribution in [0.3, 0.4) is 0 Å². The van der Waals surface area contributed by atoms with E-state index in [9.17, 15) is 14.4 Å². The number of hydrogen-bond donors (Lipinski definition) is 4. The highest BCUT2D eigenvalue weighted by Gasteiger charge is 2.33. The lowest BCUT2D eigenvalue weighted by molar-refractivity contribution is -0.170. The quantitative estimate of drug-likeness (QED) is 0.0442. The molecule has 1 unspecified atom stereocenters. The zero-order valence-corrected chi connectivity index (χ0v) is 33.0. The number of ether oxygens (including phenoxy) is 3. The van der Waals surface area contributed by atoms with Crippen LogP contribution in [0.15, 0.2) is 110 Å². The lowest BCUT2D eigenvalue weighted by atomic mass is 9.89. The third-order valence-corrected chi connectivity index (χ3v) is 8.75. The summed E-state index contributed by atoms with van der Waals surface area (Å²) in [5, 5.41) is 12.5. The molecule has 4 amide bonds. The fourth-order valence-electron chi connectivity index (χ4n) is 6.28. The molecular formula is C44H57N5O6. The number of nitrogens with one attached hydrogen (secondary N) is 4. The predicted octanol–water partition coefficient (Wildman–Crippen LogP) is 6.84. The summed E-state index contributed by atoms with van der Waals surface area (Å²) in [5.74, 6) is -0.472. The van der Waals surface area contributed by atoms with E-state index >= 15 is 0 Å². The minimum atomic E-state index is -0.985. The Balaban J connectivity index is 1.61. The summed E-state index contributed by atoms with van der Waals surface area (Å²) >= 11 is 0. The molecule has 0 saturated heterocycles. The first-order chi connectivity index (χ1) is 26.4. The summed E-state index contributed by atoms with van der Waals surface area (Å²) in [5.41, 5.74) is 5.00. The highest BCUT2D eigenvalue weighted by atomic mass is 16.7. The first-order valence-electron chi connectivity index (χ1n) is 18.9. The van der Waals surface area contributed by atoms with Gasteiger partial charge in [-0.25, -0.2) is 9.80 Å². The monoisotopic (exact) mass is 751 g/mol. The largest absolute Gasteiger partial charge is 0.488 e. The molecule has 4 N–H and O–H groups in total. The van der Waals surface area contributed by atoms with E-state index in [4.69, 9.17) is 14.2 Å². The summed E-state index contributed by atoms with van der Waals surface area (Å²) in [4.78, 5) is 41.1. The molecule has 11 nitrogen and oxygen atoms in total. The number of hydrogen-bond acceptors (Lipinski definition) is 7. The lowest BCUT2D eigenvalue weighted by Crippen LogP contribution is -2.55. The summed E-state index contributed by atoms with van der Waals surface area (Å²) in [7, 11) is 0. The summed E-state index contributed by atoms with van der Waals surface area (Å²) in [6.07, 6.45) is 1.17. The molecule has 0 aliphatic heterocycles. The molecule has 0 heterocycles. The second kappa shape index (κ2) is 21.0.